The molecule has 1 fully saturated rings. The highest BCUT2D eigenvalue weighted by Crippen LogP contribution is 2.34. The Hall–Kier alpha value is -1.98. The zero-order chi connectivity index (χ0) is 19.6. The Morgan fingerprint density at radius 1 is 1.10 bits per heavy atom. The number of aromatic nitrogens is 2. The first-order valence-electron chi connectivity index (χ1n) is 11.0. The van der Waals surface area contributed by atoms with Crippen LogP contribution in [0.4, 0.5) is 0 Å². The van der Waals surface area contributed by atoms with Crippen molar-refractivity contribution >= 4 is 21.6 Å². The van der Waals surface area contributed by atoms with Crippen LogP contribution < -0.4 is 10.9 Å². The Kier molecular flexibility index (Phi) is 5.51. The molecular weight excluding hydrogens is 378 g/mol. The normalized spacial score (nSPS) is 20.1. The zero-order valence-corrected chi connectivity index (χ0v) is 17.7. The van der Waals surface area contributed by atoms with Crippen LogP contribution in [0, 0.1) is 5.92 Å². The van der Waals surface area contributed by atoms with Crippen LogP contribution in [0.25, 0.3) is 10.2 Å². The minimum atomic E-state index is 0.116. The van der Waals surface area contributed by atoms with E-state index in [1.165, 1.54) is 42.5 Å². The van der Waals surface area contributed by atoms with E-state index in [4.69, 9.17) is 0 Å². The lowest BCUT2D eigenvalue weighted by molar-refractivity contribution is 0.319. The highest BCUT2D eigenvalue weighted by molar-refractivity contribution is 7.18. The van der Waals surface area contributed by atoms with Crippen LogP contribution in [0.5, 0.6) is 0 Å². The summed E-state index contributed by atoms with van der Waals surface area (Å²) in [5, 5.41) is 4.71. The van der Waals surface area contributed by atoms with Crippen LogP contribution in [0.2, 0.25) is 0 Å². The van der Waals surface area contributed by atoms with Crippen molar-refractivity contribution in [1.82, 2.24) is 14.9 Å². The predicted octanol–water partition coefficient (Wildman–Crippen LogP) is 4.53. The van der Waals surface area contributed by atoms with Gasteiger partial charge in [-0.15, -0.1) is 11.3 Å². The molecule has 0 aliphatic heterocycles. The van der Waals surface area contributed by atoms with Gasteiger partial charge in [0.1, 0.15) is 4.83 Å². The van der Waals surface area contributed by atoms with Gasteiger partial charge in [0.25, 0.3) is 5.56 Å². The van der Waals surface area contributed by atoms with Gasteiger partial charge in [-0.3, -0.25) is 9.36 Å². The second-order valence-corrected chi connectivity index (χ2v) is 9.78. The fourth-order valence-corrected chi connectivity index (χ4v) is 6.25. The van der Waals surface area contributed by atoms with E-state index >= 15 is 0 Å². The molecule has 1 unspecified atom stereocenters. The standard InChI is InChI=1S/C24H29N3OS/c28-24-22-20-12-11-19(25-14-17-7-3-1-4-8-17)13-21(20)29-23(22)26-16-27(24)15-18-9-5-2-6-10-18/h2,5-6,9-10,16-17,19,25H,1,3-4,7-8,11-15H2. The van der Waals surface area contributed by atoms with Crippen LogP contribution in [0.3, 0.4) is 0 Å². The molecule has 1 saturated carbocycles. The molecule has 0 spiro atoms. The summed E-state index contributed by atoms with van der Waals surface area (Å²) in [5.41, 5.74) is 2.51. The zero-order valence-electron chi connectivity index (χ0n) is 16.9. The monoisotopic (exact) mass is 407 g/mol. The van der Waals surface area contributed by atoms with Crippen LogP contribution in [0.1, 0.15) is 54.5 Å². The largest absolute Gasteiger partial charge is 0.313 e. The molecule has 0 saturated heterocycles. The molecule has 5 heteroatoms. The van der Waals surface area contributed by atoms with Crippen molar-refractivity contribution in [3.05, 3.63) is 63.0 Å². The third kappa shape index (κ3) is 4.03. The van der Waals surface area contributed by atoms with Crippen LogP contribution in [-0.2, 0) is 19.4 Å². The molecule has 0 bridgehead atoms. The maximum Gasteiger partial charge on any atom is 0.262 e. The topological polar surface area (TPSA) is 46.9 Å². The number of fused-ring (bicyclic) bond motifs is 3. The van der Waals surface area contributed by atoms with Crippen molar-refractivity contribution in [1.29, 1.82) is 0 Å². The van der Waals surface area contributed by atoms with E-state index in [-0.39, 0.29) is 5.56 Å². The Bertz CT molecular complexity index is 1030. The number of benzene rings is 1. The number of nitrogens with one attached hydrogen (secondary N) is 1. The molecule has 1 atom stereocenters. The molecule has 2 aliphatic rings. The van der Waals surface area contributed by atoms with Crippen molar-refractivity contribution in [2.45, 2.75) is 64.0 Å². The van der Waals surface area contributed by atoms with E-state index in [0.717, 1.165) is 47.5 Å². The average molecular weight is 408 g/mol. The fraction of sp³-hybridized carbons (Fsp3) is 0.500. The van der Waals surface area contributed by atoms with Gasteiger partial charge in [0.2, 0.25) is 0 Å². The number of aryl methyl sites for hydroxylation is 1. The molecular formula is C24H29N3OS. The number of thiophene rings is 1. The predicted molar refractivity (Wildman–Crippen MR) is 120 cm³/mol. The molecule has 29 heavy (non-hydrogen) atoms. The van der Waals surface area contributed by atoms with Gasteiger partial charge in [0.05, 0.1) is 18.3 Å². The molecule has 5 rings (SSSR count). The summed E-state index contributed by atoms with van der Waals surface area (Å²) in [7, 11) is 0. The van der Waals surface area contributed by atoms with Crippen LogP contribution >= 0.6 is 11.3 Å². The first-order valence-corrected chi connectivity index (χ1v) is 11.9. The maximum absolute atomic E-state index is 13.2. The molecule has 152 valence electrons. The van der Waals surface area contributed by atoms with Gasteiger partial charge >= 0.3 is 0 Å². The quantitative estimate of drug-likeness (QED) is 0.676. The van der Waals surface area contributed by atoms with Crippen molar-refractivity contribution in [2.24, 2.45) is 5.92 Å². The molecule has 0 amide bonds. The molecule has 1 aromatic carbocycles. The first kappa shape index (κ1) is 19.0. The van der Waals surface area contributed by atoms with Crippen LogP contribution in [0.15, 0.2) is 41.5 Å². The summed E-state index contributed by atoms with van der Waals surface area (Å²) in [6, 6.07) is 10.7. The second kappa shape index (κ2) is 8.41. The summed E-state index contributed by atoms with van der Waals surface area (Å²) in [5.74, 6) is 0.861. The second-order valence-electron chi connectivity index (χ2n) is 8.70. The van der Waals surface area contributed by atoms with E-state index in [1.54, 1.807) is 22.2 Å². The van der Waals surface area contributed by atoms with Crippen molar-refractivity contribution in [2.75, 3.05) is 6.54 Å². The minimum Gasteiger partial charge on any atom is -0.313 e. The van der Waals surface area contributed by atoms with E-state index in [9.17, 15) is 4.79 Å². The summed E-state index contributed by atoms with van der Waals surface area (Å²) >= 11 is 1.73. The lowest BCUT2D eigenvalue weighted by Crippen LogP contribution is -2.37. The van der Waals surface area contributed by atoms with Gasteiger partial charge in [-0.1, -0.05) is 49.6 Å². The van der Waals surface area contributed by atoms with Crippen molar-refractivity contribution in [3.63, 3.8) is 0 Å². The third-order valence-electron chi connectivity index (χ3n) is 6.65. The van der Waals surface area contributed by atoms with Crippen molar-refractivity contribution in [3.8, 4) is 0 Å². The molecule has 1 N–H and O–H groups in total. The first-order chi connectivity index (χ1) is 14.3. The number of nitrogens with zero attached hydrogens (tertiary/aromatic N) is 2. The Morgan fingerprint density at radius 2 is 1.93 bits per heavy atom. The van der Waals surface area contributed by atoms with E-state index < -0.39 is 0 Å². The third-order valence-corrected chi connectivity index (χ3v) is 7.81. The van der Waals surface area contributed by atoms with Crippen molar-refractivity contribution < 1.29 is 0 Å². The number of rotatable bonds is 5. The van der Waals surface area contributed by atoms with Gasteiger partial charge in [0.15, 0.2) is 0 Å². The SMILES string of the molecule is O=c1c2c3c(sc2ncn1Cc1ccccc1)CC(NCC1CCCCC1)CC3. The van der Waals surface area contributed by atoms with Gasteiger partial charge in [-0.05, 0) is 55.7 Å². The summed E-state index contributed by atoms with van der Waals surface area (Å²) in [6.07, 6.45) is 11.9. The summed E-state index contributed by atoms with van der Waals surface area (Å²) < 4.78 is 1.76. The summed E-state index contributed by atoms with van der Waals surface area (Å²) in [4.78, 5) is 20.1. The Morgan fingerprint density at radius 3 is 2.76 bits per heavy atom. The minimum absolute atomic E-state index is 0.116. The highest BCUT2D eigenvalue weighted by atomic mass is 32.1. The van der Waals surface area contributed by atoms with E-state index in [0.29, 0.717) is 12.6 Å². The van der Waals surface area contributed by atoms with Crippen LogP contribution in [-0.4, -0.2) is 22.1 Å². The maximum atomic E-state index is 13.2. The van der Waals surface area contributed by atoms with Gasteiger partial charge in [-0.25, -0.2) is 4.98 Å². The lowest BCUT2D eigenvalue weighted by atomic mass is 9.88. The molecule has 0 radical (unpaired) electrons. The smallest absolute Gasteiger partial charge is 0.262 e. The van der Waals surface area contributed by atoms with Gasteiger partial charge in [-0.2, -0.15) is 0 Å². The molecule has 3 aromatic rings. The number of hydrogen-bond donors (Lipinski definition) is 1. The lowest BCUT2D eigenvalue weighted by Gasteiger charge is -2.27. The molecule has 2 aliphatic carbocycles. The van der Waals surface area contributed by atoms with Gasteiger partial charge in [0, 0.05) is 10.9 Å². The molecule has 2 aromatic heterocycles. The van der Waals surface area contributed by atoms with E-state index in [2.05, 4.69) is 22.4 Å². The fourth-order valence-electron chi connectivity index (χ4n) is 4.99. The average Bonchev–Trinajstić information content (AvgIpc) is 3.14. The molecule has 4 nitrogen and oxygen atoms in total. The van der Waals surface area contributed by atoms with Gasteiger partial charge < -0.3 is 5.32 Å². The highest BCUT2D eigenvalue weighted by Gasteiger charge is 2.26. The molecule has 2 heterocycles. The Labute approximate surface area is 176 Å². The van der Waals surface area contributed by atoms with E-state index in [1.807, 2.05) is 18.2 Å². The summed E-state index contributed by atoms with van der Waals surface area (Å²) in [6.45, 7) is 1.74. The number of hydrogen-bond acceptors (Lipinski definition) is 4. The Balaban J connectivity index is 1.34.